The minimum Gasteiger partial charge on any atom is -0.507 e. The molecule has 1 aromatic carbocycles. The van der Waals surface area contributed by atoms with Gasteiger partial charge in [0.2, 0.25) is 0 Å². The highest BCUT2D eigenvalue weighted by Crippen LogP contribution is 2.12. The fourth-order valence-electron chi connectivity index (χ4n) is 1.66. The van der Waals surface area contributed by atoms with Gasteiger partial charge in [-0.2, -0.15) is 0 Å². The van der Waals surface area contributed by atoms with Crippen LogP contribution in [0.2, 0.25) is 0 Å². The smallest absolute Gasteiger partial charge is 0.124 e. The predicted octanol–water partition coefficient (Wildman–Crippen LogP) is 1.48. The van der Waals surface area contributed by atoms with Gasteiger partial charge in [-0.05, 0) is 51.7 Å². The van der Waals surface area contributed by atoms with Gasteiger partial charge in [0.25, 0.3) is 0 Å². The Labute approximate surface area is 109 Å². The van der Waals surface area contributed by atoms with E-state index in [1.165, 1.54) is 0 Å². The molecule has 3 N–H and O–H groups in total. The maximum absolute atomic E-state index is 9.54. The minimum absolute atomic E-state index is 0.279. The van der Waals surface area contributed by atoms with E-state index in [4.69, 9.17) is 5.73 Å². The molecule has 0 radical (unpaired) electrons. The number of nitrogens with zero attached hydrogens (tertiary/aromatic N) is 2. The summed E-state index contributed by atoms with van der Waals surface area (Å²) in [5.74, 6) is 0.279. The number of benzene rings is 1. The van der Waals surface area contributed by atoms with E-state index in [9.17, 15) is 5.11 Å². The van der Waals surface area contributed by atoms with Crippen molar-refractivity contribution in [2.45, 2.75) is 12.8 Å². The largest absolute Gasteiger partial charge is 0.507 e. The lowest BCUT2D eigenvalue weighted by Gasteiger charge is -2.14. The summed E-state index contributed by atoms with van der Waals surface area (Å²) in [6.07, 6.45) is 3.79. The van der Waals surface area contributed by atoms with Crippen LogP contribution in [0.1, 0.15) is 18.4 Å². The van der Waals surface area contributed by atoms with Gasteiger partial charge in [0.15, 0.2) is 0 Å². The van der Waals surface area contributed by atoms with Crippen molar-refractivity contribution in [3.8, 4) is 5.75 Å². The number of hydrogen-bond donors (Lipinski definition) is 2. The first kappa shape index (κ1) is 14.7. The molecule has 0 aliphatic carbocycles. The third-order valence-electron chi connectivity index (χ3n) is 2.74. The van der Waals surface area contributed by atoms with Gasteiger partial charge in [-0.3, -0.25) is 4.99 Å². The van der Waals surface area contributed by atoms with E-state index in [0.717, 1.165) is 44.6 Å². The van der Waals surface area contributed by atoms with Crippen molar-refractivity contribution >= 4 is 6.21 Å². The van der Waals surface area contributed by atoms with Crippen LogP contribution in [0.4, 0.5) is 0 Å². The van der Waals surface area contributed by atoms with Crippen LogP contribution in [-0.4, -0.2) is 49.4 Å². The summed E-state index contributed by atoms with van der Waals surface area (Å²) in [4.78, 5) is 6.58. The molecule has 0 saturated carbocycles. The second kappa shape index (κ2) is 8.66. The zero-order valence-corrected chi connectivity index (χ0v) is 11.0. The van der Waals surface area contributed by atoms with Gasteiger partial charge >= 0.3 is 0 Å². The summed E-state index contributed by atoms with van der Waals surface area (Å²) in [5, 5.41) is 9.54. The average molecular weight is 249 g/mol. The van der Waals surface area contributed by atoms with Crippen molar-refractivity contribution in [1.82, 2.24) is 4.90 Å². The molecule has 0 aromatic heterocycles. The van der Waals surface area contributed by atoms with E-state index in [2.05, 4.69) is 16.9 Å². The molecule has 100 valence electrons. The highest BCUT2D eigenvalue weighted by Gasteiger charge is 1.97. The highest BCUT2D eigenvalue weighted by atomic mass is 16.3. The third-order valence-corrected chi connectivity index (χ3v) is 2.74. The molecule has 0 fully saturated rings. The lowest BCUT2D eigenvalue weighted by Crippen LogP contribution is -2.23. The van der Waals surface area contributed by atoms with Gasteiger partial charge in [-0.15, -0.1) is 0 Å². The number of nitrogens with two attached hydrogens (primary N) is 1. The van der Waals surface area contributed by atoms with E-state index in [1.807, 2.05) is 12.1 Å². The summed E-state index contributed by atoms with van der Waals surface area (Å²) >= 11 is 0. The van der Waals surface area contributed by atoms with Crippen molar-refractivity contribution in [2.24, 2.45) is 10.7 Å². The summed E-state index contributed by atoms with van der Waals surface area (Å²) in [6.45, 7) is 3.59. The zero-order valence-electron chi connectivity index (χ0n) is 11.0. The minimum atomic E-state index is 0.279. The van der Waals surface area contributed by atoms with Crippen molar-refractivity contribution < 1.29 is 5.11 Å². The second-order valence-electron chi connectivity index (χ2n) is 4.39. The van der Waals surface area contributed by atoms with E-state index in [0.29, 0.717) is 0 Å². The molecule has 0 unspecified atom stereocenters. The van der Waals surface area contributed by atoms with Crippen LogP contribution in [0.15, 0.2) is 29.3 Å². The standard InChI is InChI=1S/C14H23N3O/c1-17(10-4-8-15)11-5-9-16-12-13-6-2-3-7-14(13)18/h2-3,6-7,12,18H,4-5,8-11,15H2,1H3. The number of para-hydroxylation sites is 1. The SMILES string of the molecule is CN(CCCN)CCCN=Cc1ccccc1O. The molecular formula is C14H23N3O. The maximum Gasteiger partial charge on any atom is 0.124 e. The van der Waals surface area contributed by atoms with Gasteiger partial charge in [0.05, 0.1) is 0 Å². The summed E-state index contributed by atoms with van der Waals surface area (Å²) in [6, 6.07) is 7.22. The molecule has 0 aliphatic rings. The third kappa shape index (κ3) is 5.80. The molecular weight excluding hydrogens is 226 g/mol. The highest BCUT2D eigenvalue weighted by molar-refractivity contribution is 5.83. The zero-order chi connectivity index (χ0) is 13.2. The first-order valence-electron chi connectivity index (χ1n) is 6.40. The van der Waals surface area contributed by atoms with Crippen molar-refractivity contribution in [3.05, 3.63) is 29.8 Å². The topological polar surface area (TPSA) is 61.8 Å². The predicted molar refractivity (Wildman–Crippen MR) is 76.4 cm³/mol. The molecule has 18 heavy (non-hydrogen) atoms. The van der Waals surface area contributed by atoms with Gasteiger partial charge in [0, 0.05) is 18.3 Å². The lowest BCUT2D eigenvalue weighted by atomic mass is 10.2. The molecule has 1 rings (SSSR count). The molecule has 0 amide bonds. The Balaban J connectivity index is 2.20. The summed E-state index contributed by atoms with van der Waals surface area (Å²) in [7, 11) is 2.10. The molecule has 0 saturated heterocycles. The van der Waals surface area contributed by atoms with Gasteiger partial charge in [-0.25, -0.2) is 0 Å². The number of rotatable bonds is 8. The fraction of sp³-hybridized carbons (Fsp3) is 0.500. The number of phenols is 1. The molecule has 0 atom stereocenters. The Bertz CT molecular complexity index is 366. The molecule has 0 aliphatic heterocycles. The van der Waals surface area contributed by atoms with Gasteiger partial charge in [-0.1, -0.05) is 12.1 Å². The van der Waals surface area contributed by atoms with Crippen LogP contribution in [0, 0.1) is 0 Å². The Morgan fingerprint density at radius 2 is 2.00 bits per heavy atom. The van der Waals surface area contributed by atoms with Crippen LogP contribution >= 0.6 is 0 Å². The van der Waals surface area contributed by atoms with Crippen LogP contribution in [0.3, 0.4) is 0 Å². The maximum atomic E-state index is 9.54. The van der Waals surface area contributed by atoms with Crippen molar-refractivity contribution in [3.63, 3.8) is 0 Å². The Morgan fingerprint density at radius 3 is 2.72 bits per heavy atom. The fourth-order valence-corrected chi connectivity index (χ4v) is 1.66. The quantitative estimate of drug-likeness (QED) is 0.542. The first-order valence-corrected chi connectivity index (χ1v) is 6.40. The Morgan fingerprint density at radius 1 is 1.28 bits per heavy atom. The first-order chi connectivity index (χ1) is 8.74. The van der Waals surface area contributed by atoms with E-state index in [-0.39, 0.29) is 5.75 Å². The van der Waals surface area contributed by atoms with Crippen molar-refractivity contribution in [1.29, 1.82) is 0 Å². The number of aromatic hydroxyl groups is 1. The lowest BCUT2D eigenvalue weighted by molar-refractivity contribution is 0.329. The molecule has 0 spiro atoms. The Kier molecular flexibility index (Phi) is 7.06. The molecule has 1 aromatic rings. The number of phenolic OH excluding ortho intramolecular Hbond substituents is 1. The summed E-state index contributed by atoms with van der Waals surface area (Å²) in [5.41, 5.74) is 6.23. The van der Waals surface area contributed by atoms with Crippen molar-refractivity contribution in [2.75, 3.05) is 33.2 Å². The van der Waals surface area contributed by atoms with E-state index < -0.39 is 0 Å². The van der Waals surface area contributed by atoms with E-state index in [1.54, 1.807) is 18.3 Å². The summed E-state index contributed by atoms with van der Waals surface area (Å²) < 4.78 is 0. The normalized spacial score (nSPS) is 11.5. The van der Waals surface area contributed by atoms with Crippen LogP contribution in [-0.2, 0) is 0 Å². The second-order valence-corrected chi connectivity index (χ2v) is 4.39. The van der Waals surface area contributed by atoms with Crippen LogP contribution in [0.5, 0.6) is 5.75 Å². The van der Waals surface area contributed by atoms with Crippen LogP contribution < -0.4 is 5.73 Å². The molecule has 4 heteroatoms. The molecule has 4 nitrogen and oxygen atoms in total. The van der Waals surface area contributed by atoms with Gasteiger partial charge in [0.1, 0.15) is 5.75 Å². The monoisotopic (exact) mass is 249 g/mol. The number of aliphatic imine (C=N–C) groups is 1. The van der Waals surface area contributed by atoms with Crippen LogP contribution in [0.25, 0.3) is 0 Å². The molecule has 0 heterocycles. The molecule has 0 bridgehead atoms. The van der Waals surface area contributed by atoms with E-state index >= 15 is 0 Å². The number of hydrogen-bond acceptors (Lipinski definition) is 4. The average Bonchev–Trinajstić information content (AvgIpc) is 2.38. The van der Waals surface area contributed by atoms with Gasteiger partial charge < -0.3 is 15.7 Å². The Hall–Kier alpha value is -1.39.